The largest absolute Gasteiger partial charge is 0.393 e. The molecule has 1 aromatic carbocycles. The zero-order valence-electron chi connectivity index (χ0n) is 9.68. The second-order valence-electron chi connectivity index (χ2n) is 4.03. The lowest BCUT2D eigenvalue weighted by Crippen LogP contribution is -2.12. The van der Waals surface area contributed by atoms with Gasteiger partial charge in [-0.05, 0) is 24.5 Å². The Morgan fingerprint density at radius 1 is 1.31 bits per heavy atom. The van der Waals surface area contributed by atoms with Crippen molar-refractivity contribution in [1.29, 1.82) is 0 Å². The maximum atomic E-state index is 11.5. The fourth-order valence-corrected chi connectivity index (χ4v) is 2.68. The molecular formula is C12H18O3S. The first-order valence-corrected chi connectivity index (χ1v) is 7.30. The van der Waals surface area contributed by atoms with E-state index in [2.05, 4.69) is 0 Å². The first-order chi connectivity index (χ1) is 7.45. The van der Waals surface area contributed by atoms with E-state index in [9.17, 15) is 13.5 Å². The lowest BCUT2D eigenvalue weighted by Gasteiger charge is -2.12. The van der Waals surface area contributed by atoms with Crippen LogP contribution in [0.3, 0.4) is 0 Å². The van der Waals surface area contributed by atoms with E-state index in [-0.39, 0.29) is 0 Å². The molecule has 0 amide bonds. The second kappa shape index (κ2) is 5.46. The number of sulfone groups is 1. The van der Waals surface area contributed by atoms with Crippen LogP contribution >= 0.6 is 0 Å². The topological polar surface area (TPSA) is 54.4 Å². The molecule has 0 aliphatic rings. The van der Waals surface area contributed by atoms with E-state index in [4.69, 9.17) is 0 Å². The Kier molecular flexibility index (Phi) is 4.50. The molecular weight excluding hydrogens is 224 g/mol. The van der Waals surface area contributed by atoms with E-state index in [0.29, 0.717) is 23.3 Å². The maximum absolute atomic E-state index is 11.5. The number of aliphatic hydroxyl groups is 1. The van der Waals surface area contributed by atoms with Crippen LogP contribution in [0.15, 0.2) is 29.2 Å². The van der Waals surface area contributed by atoms with Crippen LogP contribution in [-0.2, 0) is 16.3 Å². The maximum Gasteiger partial charge on any atom is 0.175 e. The first kappa shape index (κ1) is 13.2. The highest BCUT2D eigenvalue weighted by atomic mass is 32.2. The van der Waals surface area contributed by atoms with Crippen LogP contribution in [0.2, 0.25) is 0 Å². The molecule has 16 heavy (non-hydrogen) atoms. The third kappa shape index (κ3) is 3.61. The predicted molar refractivity (Wildman–Crippen MR) is 64.2 cm³/mol. The van der Waals surface area contributed by atoms with Gasteiger partial charge >= 0.3 is 0 Å². The van der Waals surface area contributed by atoms with Crippen molar-refractivity contribution in [2.45, 2.75) is 37.2 Å². The van der Waals surface area contributed by atoms with Gasteiger partial charge in [-0.25, -0.2) is 8.42 Å². The van der Waals surface area contributed by atoms with Gasteiger partial charge in [0.05, 0.1) is 11.0 Å². The lowest BCUT2D eigenvalue weighted by molar-refractivity contribution is 0.163. The number of rotatable bonds is 5. The number of aliphatic hydroxyl groups excluding tert-OH is 1. The Morgan fingerprint density at radius 2 is 1.94 bits per heavy atom. The summed E-state index contributed by atoms with van der Waals surface area (Å²) in [5.74, 6) is 0. The monoisotopic (exact) mass is 242 g/mol. The minimum atomic E-state index is -3.21. The molecule has 0 aliphatic heterocycles. The fraction of sp³-hybridized carbons (Fsp3) is 0.500. The number of hydrogen-bond donors (Lipinski definition) is 1. The van der Waals surface area contributed by atoms with Crippen molar-refractivity contribution in [2.75, 3.05) is 6.26 Å². The van der Waals surface area contributed by atoms with Crippen LogP contribution in [0.4, 0.5) is 0 Å². The van der Waals surface area contributed by atoms with Crippen molar-refractivity contribution >= 4 is 9.84 Å². The Balaban J connectivity index is 2.96. The molecule has 0 heterocycles. The Hall–Kier alpha value is -0.870. The van der Waals surface area contributed by atoms with Gasteiger partial charge in [0.25, 0.3) is 0 Å². The van der Waals surface area contributed by atoms with E-state index < -0.39 is 15.9 Å². The van der Waals surface area contributed by atoms with Crippen LogP contribution in [-0.4, -0.2) is 25.9 Å². The molecule has 0 saturated heterocycles. The van der Waals surface area contributed by atoms with E-state index in [1.807, 2.05) is 6.92 Å². The van der Waals surface area contributed by atoms with Crippen molar-refractivity contribution in [3.05, 3.63) is 29.8 Å². The van der Waals surface area contributed by atoms with E-state index in [1.165, 1.54) is 6.26 Å². The zero-order valence-corrected chi connectivity index (χ0v) is 10.5. The van der Waals surface area contributed by atoms with Gasteiger partial charge in [0.15, 0.2) is 9.84 Å². The highest BCUT2D eigenvalue weighted by Crippen LogP contribution is 2.18. The highest BCUT2D eigenvalue weighted by molar-refractivity contribution is 7.90. The molecule has 1 aromatic rings. The van der Waals surface area contributed by atoms with Gasteiger partial charge in [-0.1, -0.05) is 31.5 Å². The zero-order chi connectivity index (χ0) is 12.2. The third-order valence-electron chi connectivity index (χ3n) is 2.45. The van der Waals surface area contributed by atoms with Crippen molar-refractivity contribution in [1.82, 2.24) is 0 Å². The fourth-order valence-electron chi connectivity index (χ4n) is 1.72. The molecule has 0 bridgehead atoms. The molecule has 4 heteroatoms. The third-order valence-corrected chi connectivity index (χ3v) is 3.65. The summed E-state index contributed by atoms with van der Waals surface area (Å²) in [5.41, 5.74) is 0.700. The summed E-state index contributed by atoms with van der Waals surface area (Å²) in [5, 5.41) is 9.70. The standard InChI is InChI=1S/C12H18O3S/c1-3-6-11(13)9-10-7-4-5-8-12(10)16(2,14)15/h4-5,7-8,11,13H,3,6,9H2,1-2H3. The van der Waals surface area contributed by atoms with Gasteiger partial charge in [0.1, 0.15) is 0 Å². The summed E-state index contributed by atoms with van der Waals surface area (Å²) in [6.45, 7) is 1.99. The smallest absolute Gasteiger partial charge is 0.175 e. The SMILES string of the molecule is CCCC(O)Cc1ccccc1S(C)(=O)=O. The van der Waals surface area contributed by atoms with Gasteiger partial charge in [-0.3, -0.25) is 0 Å². The van der Waals surface area contributed by atoms with Gasteiger partial charge in [0, 0.05) is 6.26 Å². The summed E-state index contributed by atoms with van der Waals surface area (Å²) in [4.78, 5) is 0.324. The molecule has 0 saturated carbocycles. The molecule has 0 aliphatic carbocycles. The van der Waals surface area contributed by atoms with Crippen LogP contribution in [0.5, 0.6) is 0 Å². The second-order valence-corrected chi connectivity index (χ2v) is 6.01. The molecule has 3 nitrogen and oxygen atoms in total. The molecule has 0 aromatic heterocycles. The Bertz CT molecular complexity index is 437. The lowest BCUT2D eigenvalue weighted by atomic mass is 10.0. The number of hydrogen-bond acceptors (Lipinski definition) is 3. The summed E-state index contributed by atoms with van der Waals surface area (Å²) in [6, 6.07) is 6.84. The molecule has 1 rings (SSSR count). The van der Waals surface area contributed by atoms with Crippen molar-refractivity contribution < 1.29 is 13.5 Å². The van der Waals surface area contributed by atoms with Gasteiger partial charge < -0.3 is 5.11 Å². The van der Waals surface area contributed by atoms with Crippen LogP contribution in [0.1, 0.15) is 25.3 Å². The van der Waals surface area contributed by atoms with Gasteiger partial charge in [-0.2, -0.15) is 0 Å². The number of benzene rings is 1. The van der Waals surface area contributed by atoms with Crippen molar-refractivity contribution in [2.24, 2.45) is 0 Å². The molecule has 1 N–H and O–H groups in total. The average Bonchev–Trinajstić information content (AvgIpc) is 2.17. The first-order valence-electron chi connectivity index (χ1n) is 5.41. The summed E-state index contributed by atoms with van der Waals surface area (Å²) >= 11 is 0. The molecule has 0 radical (unpaired) electrons. The normalized spacial score (nSPS) is 13.7. The van der Waals surface area contributed by atoms with Crippen LogP contribution in [0.25, 0.3) is 0 Å². The summed E-state index contributed by atoms with van der Waals surface area (Å²) in [6.07, 6.45) is 2.71. The van der Waals surface area contributed by atoms with E-state index >= 15 is 0 Å². The predicted octanol–water partition coefficient (Wildman–Crippen LogP) is 1.79. The quantitative estimate of drug-likeness (QED) is 0.856. The summed E-state index contributed by atoms with van der Waals surface area (Å²) in [7, 11) is -3.21. The van der Waals surface area contributed by atoms with Crippen LogP contribution in [0, 0.1) is 0 Å². The minimum Gasteiger partial charge on any atom is -0.393 e. The van der Waals surface area contributed by atoms with E-state index in [1.54, 1.807) is 24.3 Å². The van der Waals surface area contributed by atoms with Gasteiger partial charge in [-0.15, -0.1) is 0 Å². The Morgan fingerprint density at radius 3 is 2.50 bits per heavy atom. The summed E-state index contributed by atoms with van der Waals surface area (Å²) < 4.78 is 23.0. The van der Waals surface area contributed by atoms with E-state index in [0.717, 1.165) is 6.42 Å². The molecule has 1 atom stereocenters. The van der Waals surface area contributed by atoms with Crippen molar-refractivity contribution in [3.63, 3.8) is 0 Å². The van der Waals surface area contributed by atoms with Crippen LogP contribution < -0.4 is 0 Å². The van der Waals surface area contributed by atoms with Gasteiger partial charge in [0.2, 0.25) is 0 Å². The molecule has 90 valence electrons. The molecule has 1 unspecified atom stereocenters. The van der Waals surface area contributed by atoms with Crippen molar-refractivity contribution in [3.8, 4) is 0 Å². The molecule has 0 spiro atoms. The average molecular weight is 242 g/mol. The minimum absolute atomic E-state index is 0.324. The Labute approximate surface area is 97.0 Å². The molecule has 0 fully saturated rings. The highest BCUT2D eigenvalue weighted by Gasteiger charge is 2.14.